The van der Waals surface area contributed by atoms with Crippen molar-refractivity contribution in [1.29, 1.82) is 0 Å². The summed E-state index contributed by atoms with van der Waals surface area (Å²) in [6, 6.07) is 0. The number of carbonyl (C=O) groups is 1. The Labute approximate surface area is 73.0 Å². The fourth-order valence-corrected chi connectivity index (χ4v) is 0.869. The van der Waals surface area contributed by atoms with Crippen molar-refractivity contribution in [3.63, 3.8) is 0 Å². The quantitative estimate of drug-likeness (QED) is 0.706. The molecule has 0 aliphatic heterocycles. The molecule has 3 nitrogen and oxygen atoms in total. The first-order valence-electron chi connectivity index (χ1n) is 3.15. The largest absolute Gasteiger partial charge is 0.298 e. The smallest absolute Gasteiger partial charge is 0.149 e. The molecule has 0 saturated heterocycles. The van der Waals surface area contributed by atoms with E-state index in [0.717, 1.165) is 5.69 Å². The van der Waals surface area contributed by atoms with E-state index < -0.39 is 0 Å². The lowest BCUT2D eigenvalue weighted by Gasteiger charge is -1.94. The van der Waals surface area contributed by atoms with E-state index in [1.165, 1.54) is 0 Å². The van der Waals surface area contributed by atoms with Gasteiger partial charge in [-0.1, -0.05) is 15.9 Å². The van der Waals surface area contributed by atoms with Crippen LogP contribution in [0.5, 0.6) is 0 Å². The molecule has 0 spiro atoms. The topological polar surface area (TPSA) is 42.9 Å². The minimum atomic E-state index is 0.116. The molecule has 0 aliphatic carbocycles. The van der Waals surface area contributed by atoms with Crippen LogP contribution in [0.1, 0.15) is 5.69 Å². The zero-order valence-electron chi connectivity index (χ0n) is 5.83. The van der Waals surface area contributed by atoms with Gasteiger partial charge in [-0.25, -0.2) is 0 Å². The maximum Gasteiger partial charge on any atom is 0.149 e. The Hall–Kier alpha value is -0.770. The molecule has 0 saturated carbocycles. The summed E-state index contributed by atoms with van der Waals surface area (Å²) < 4.78 is 0. The van der Waals surface area contributed by atoms with E-state index in [1.807, 2.05) is 0 Å². The van der Waals surface area contributed by atoms with Crippen molar-refractivity contribution in [3.05, 3.63) is 24.3 Å². The highest BCUT2D eigenvalue weighted by atomic mass is 79.9. The molecule has 1 aromatic rings. The van der Waals surface area contributed by atoms with Gasteiger partial charge < -0.3 is 0 Å². The fourth-order valence-electron chi connectivity index (χ4n) is 0.671. The number of ketones is 1. The second-order valence-corrected chi connectivity index (χ2v) is 2.61. The summed E-state index contributed by atoms with van der Waals surface area (Å²) in [4.78, 5) is 18.7. The number of hydrogen-bond acceptors (Lipinski definition) is 3. The van der Waals surface area contributed by atoms with Gasteiger partial charge in [-0.15, -0.1) is 0 Å². The molecule has 1 aromatic heterocycles. The average Bonchev–Trinajstić information content (AvgIpc) is 2.06. The van der Waals surface area contributed by atoms with Gasteiger partial charge in [0.15, 0.2) is 0 Å². The predicted octanol–water partition coefficient (Wildman–Crippen LogP) is 0.983. The van der Waals surface area contributed by atoms with Crippen LogP contribution < -0.4 is 0 Å². The second-order valence-electron chi connectivity index (χ2n) is 2.05. The number of alkyl halides is 1. The maximum absolute atomic E-state index is 10.9. The Morgan fingerprint density at radius 3 is 2.91 bits per heavy atom. The van der Waals surface area contributed by atoms with Crippen LogP contribution in [-0.4, -0.2) is 21.1 Å². The van der Waals surface area contributed by atoms with Gasteiger partial charge in [-0.05, 0) is 0 Å². The molecular weight excluding hydrogens is 208 g/mol. The number of rotatable bonds is 3. The lowest BCUT2D eigenvalue weighted by Crippen LogP contribution is -2.04. The third-order valence-electron chi connectivity index (χ3n) is 1.14. The molecule has 0 N–H and O–H groups in total. The highest BCUT2D eigenvalue weighted by molar-refractivity contribution is 9.09. The SMILES string of the molecule is O=C(CBr)Cc1cnccn1. The molecular formula is C7H7BrN2O. The number of aromatic nitrogens is 2. The van der Waals surface area contributed by atoms with Crippen molar-refractivity contribution in [2.45, 2.75) is 6.42 Å². The van der Waals surface area contributed by atoms with Gasteiger partial charge in [0, 0.05) is 18.6 Å². The van der Waals surface area contributed by atoms with Crippen LogP contribution in [-0.2, 0) is 11.2 Å². The number of halogens is 1. The van der Waals surface area contributed by atoms with Gasteiger partial charge in [0.2, 0.25) is 0 Å². The van der Waals surface area contributed by atoms with E-state index in [9.17, 15) is 4.79 Å². The van der Waals surface area contributed by atoms with Gasteiger partial charge >= 0.3 is 0 Å². The van der Waals surface area contributed by atoms with E-state index in [4.69, 9.17) is 0 Å². The third-order valence-corrected chi connectivity index (χ3v) is 1.77. The second kappa shape index (κ2) is 4.18. The Balaban J connectivity index is 2.58. The van der Waals surface area contributed by atoms with Crippen LogP contribution in [0.2, 0.25) is 0 Å². The zero-order chi connectivity index (χ0) is 8.10. The molecule has 0 atom stereocenters. The van der Waals surface area contributed by atoms with E-state index in [1.54, 1.807) is 18.6 Å². The number of nitrogens with zero attached hydrogens (tertiary/aromatic N) is 2. The zero-order valence-corrected chi connectivity index (χ0v) is 7.41. The molecule has 0 aliphatic rings. The minimum absolute atomic E-state index is 0.116. The molecule has 0 unspecified atom stereocenters. The van der Waals surface area contributed by atoms with Crippen LogP contribution in [0.3, 0.4) is 0 Å². The standard InChI is InChI=1S/C7H7BrN2O/c8-4-7(11)3-6-5-9-1-2-10-6/h1-2,5H,3-4H2. The first-order chi connectivity index (χ1) is 5.33. The Morgan fingerprint density at radius 2 is 2.36 bits per heavy atom. The number of Topliss-reactive ketones (excluding diaryl/α,β-unsaturated/α-hetero) is 1. The summed E-state index contributed by atoms with van der Waals surface area (Å²) in [7, 11) is 0. The van der Waals surface area contributed by atoms with E-state index in [0.29, 0.717) is 11.8 Å². The average molecular weight is 215 g/mol. The van der Waals surface area contributed by atoms with Gasteiger partial charge in [0.1, 0.15) is 5.78 Å². The molecule has 11 heavy (non-hydrogen) atoms. The van der Waals surface area contributed by atoms with Crippen molar-refractivity contribution in [2.75, 3.05) is 5.33 Å². The molecule has 0 bridgehead atoms. The highest BCUT2D eigenvalue weighted by Crippen LogP contribution is 1.94. The lowest BCUT2D eigenvalue weighted by atomic mass is 10.2. The predicted molar refractivity (Wildman–Crippen MR) is 44.5 cm³/mol. The minimum Gasteiger partial charge on any atom is -0.298 e. The Morgan fingerprint density at radius 1 is 1.55 bits per heavy atom. The Kier molecular flexibility index (Phi) is 3.16. The molecule has 0 amide bonds. The van der Waals surface area contributed by atoms with Crippen molar-refractivity contribution in [3.8, 4) is 0 Å². The summed E-state index contributed by atoms with van der Waals surface area (Å²) in [5, 5.41) is 0.379. The van der Waals surface area contributed by atoms with Crippen molar-refractivity contribution < 1.29 is 4.79 Å². The summed E-state index contributed by atoms with van der Waals surface area (Å²) in [5.74, 6) is 0.116. The summed E-state index contributed by atoms with van der Waals surface area (Å²) >= 11 is 3.07. The molecule has 0 aromatic carbocycles. The van der Waals surface area contributed by atoms with E-state index >= 15 is 0 Å². The van der Waals surface area contributed by atoms with Gasteiger partial charge in [0.05, 0.1) is 17.4 Å². The molecule has 0 fully saturated rings. The van der Waals surface area contributed by atoms with Crippen LogP contribution in [0.15, 0.2) is 18.6 Å². The van der Waals surface area contributed by atoms with Crippen LogP contribution in [0.25, 0.3) is 0 Å². The molecule has 1 heterocycles. The van der Waals surface area contributed by atoms with Crippen molar-refractivity contribution in [2.24, 2.45) is 0 Å². The van der Waals surface area contributed by atoms with Crippen molar-refractivity contribution in [1.82, 2.24) is 9.97 Å². The first kappa shape index (κ1) is 8.33. The van der Waals surface area contributed by atoms with Crippen LogP contribution in [0, 0.1) is 0 Å². The van der Waals surface area contributed by atoms with Crippen molar-refractivity contribution >= 4 is 21.7 Å². The van der Waals surface area contributed by atoms with E-state index in [2.05, 4.69) is 25.9 Å². The first-order valence-corrected chi connectivity index (χ1v) is 4.27. The van der Waals surface area contributed by atoms with Gasteiger partial charge in [-0.3, -0.25) is 14.8 Å². The molecule has 58 valence electrons. The molecule has 0 radical (unpaired) electrons. The number of carbonyl (C=O) groups excluding carboxylic acids is 1. The molecule has 1 rings (SSSR count). The number of hydrogen-bond donors (Lipinski definition) is 0. The Bertz CT molecular complexity index is 237. The van der Waals surface area contributed by atoms with Crippen LogP contribution in [0.4, 0.5) is 0 Å². The van der Waals surface area contributed by atoms with Crippen LogP contribution >= 0.6 is 15.9 Å². The monoisotopic (exact) mass is 214 g/mol. The maximum atomic E-state index is 10.9. The molecule has 4 heteroatoms. The summed E-state index contributed by atoms with van der Waals surface area (Å²) in [6.45, 7) is 0. The third kappa shape index (κ3) is 2.76. The normalized spacial score (nSPS) is 9.55. The lowest BCUT2D eigenvalue weighted by molar-refractivity contribution is -0.115. The van der Waals surface area contributed by atoms with Gasteiger partial charge in [-0.2, -0.15) is 0 Å². The summed E-state index contributed by atoms with van der Waals surface area (Å²) in [5.41, 5.74) is 0.719. The highest BCUT2D eigenvalue weighted by Gasteiger charge is 2.01. The van der Waals surface area contributed by atoms with Gasteiger partial charge in [0.25, 0.3) is 0 Å². The van der Waals surface area contributed by atoms with E-state index in [-0.39, 0.29) is 5.78 Å². The summed E-state index contributed by atoms with van der Waals surface area (Å²) in [6.07, 6.45) is 5.12. The fraction of sp³-hybridized carbons (Fsp3) is 0.286.